The number of pyridine rings is 1. The third-order valence-electron chi connectivity index (χ3n) is 4.60. The standard InChI is InChI=1S/C23H19F3N4O5/c1-27-22(33)18-12-16(9-10-28-18)35-15-6-3-13(4-7-15)20(31)29-30-21(32)17-11-14(23(24,25)26)5-8-19(17)34-2/h3-12H,1-2H3,(H,27,33)(H,29,31)(H,30,32). The van der Waals surface area contributed by atoms with Crippen molar-refractivity contribution in [2.24, 2.45) is 0 Å². The van der Waals surface area contributed by atoms with Crippen molar-refractivity contribution >= 4 is 17.7 Å². The number of nitrogens with zero attached hydrogens (tertiary/aromatic N) is 1. The smallest absolute Gasteiger partial charge is 0.416 e. The van der Waals surface area contributed by atoms with Crippen LogP contribution >= 0.6 is 0 Å². The van der Waals surface area contributed by atoms with Gasteiger partial charge in [0, 0.05) is 24.9 Å². The Hall–Kier alpha value is -4.61. The van der Waals surface area contributed by atoms with Crippen molar-refractivity contribution in [1.82, 2.24) is 21.2 Å². The van der Waals surface area contributed by atoms with Crippen molar-refractivity contribution in [2.45, 2.75) is 6.18 Å². The highest BCUT2D eigenvalue weighted by molar-refractivity contribution is 6.00. The summed E-state index contributed by atoms with van der Waals surface area (Å²) in [5.74, 6) is -1.49. The van der Waals surface area contributed by atoms with Gasteiger partial charge in [-0.15, -0.1) is 0 Å². The lowest BCUT2D eigenvalue weighted by atomic mass is 10.1. The van der Waals surface area contributed by atoms with Crippen molar-refractivity contribution < 1.29 is 37.0 Å². The number of halogens is 3. The molecule has 1 aromatic heterocycles. The number of carbonyl (C=O) groups is 3. The Morgan fingerprint density at radius 2 is 1.54 bits per heavy atom. The molecule has 3 amide bonds. The number of hydrazine groups is 1. The summed E-state index contributed by atoms with van der Waals surface area (Å²) >= 11 is 0. The van der Waals surface area contributed by atoms with E-state index in [0.717, 1.165) is 12.1 Å². The molecule has 3 rings (SSSR count). The lowest BCUT2D eigenvalue weighted by Crippen LogP contribution is -2.41. The zero-order valence-electron chi connectivity index (χ0n) is 18.4. The minimum Gasteiger partial charge on any atom is -0.496 e. The highest BCUT2D eigenvalue weighted by atomic mass is 19.4. The maximum absolute atomic E-state index is 13.0. The van der Waals surface area contributed by atoms with E-state index in [2.05, 4.69) is 21.2 Å². The predicted octanol–water partition coefficient (Wildman–Crippen LogP) is 3.34. The number of carbonyl (C=O) groups excluding carboxylic acids is 3. The highest BCUT2D eigenvalue weighted by Gasteiger charge is 2.32. The first-order valence-corrected chi connectivity index (χ1v) is 9.94. The second-order valence-corrected chi connectivity index (χ2v) is 6.90. The van der Waals surface area contributed by atoms with Gasteiger partial charge in [0.1, 0.15) is 22.9 Å². The van der Waals surface area contributed by atoms with Crippen LogP contribution < -0.4 is 25.6 Å². The van der Waals surface area contributed by atoms with Gasteiger partial charge >= 0.3 is 6.18 Å². The summed E-state index contributed by atoms with van der Waals surface area (Å²) in [6.07, 6.45) is -3.25. The molecule has 0 aliphatic carbocycles. The lowest BCUT2D eigenvalue weighted by Gasteiger charge is -2.13. The van der Waals surface area contributed by atoms with Gasteiger partial charge in [0.25, 0.3) is 17.7 Å². The average Bonchev–Trinajstić information content (AvgIpc) is 2.86. The van der Waals surface area contributed by atoms with E-state index in [4.69, 9.17) is 9.47 Å². The van der Waals surface area contributed by atoms with E-state index in [-0.39, 0.29) is 22.9 Å². The first-order chi connectivity index (χ1) is 16.6. The molecule has 3 N–H and O–H groups in total. The van der Waals surface area contributed by atoms with Crippen molar-refractivity contribution in [3.05, 3.63) is 83.2 Å². The maximum Gasteiger partial charge on any atom is 0.416 e. The zero-order valence-corrected chi connectivity index (χ0v) is 18.4. The van der Waals surface area contributed by atoms with Crippen LogP contribution in [0.25, 0.3) is 0 Å². The van der Waals surface area contributed by atoms with Crippen LogP contribution in [-0.4, -0.2) is 36.9 Å². The first kappa shape index (κ1) is 25.0. The fraction of sp³-hybridized carbons (Fsp3) is 0.130. The van der Waals surface area contributed by atoms with E-state index in [1.807, 2.05) is 0 Å². The van der Waals surface area contributed by atoms with Crippen LogP contribution in [0.3, 0.4) is 0 Å². The first-order valence-electron chi connectivity index (χ1n) is 9.94. The molecule has 0 unspecified atom stereocenters. The Labute approximate surface area is 197 Å². The van der Waals surface area contributed by atoms with E-state index >= 15 is 0 Å². The number of amides is 3. The number of ether oxygens (including phenoxy) is 2. The van der Waals surface area contributed by atoms with Crippen molar-refractivity contribution in [3.63, 3.8) is 0 Å². The zero-order chi connectivity index (χ0) is 25.6. The van der Waals surface area contributed by atoms with E-state index in [9.17, 15) is 27.6 Å². The van der Waals surface area contributed by atoms with Crippen LogP contribution in [0.1, 0.15) is 36.8 Å². The molecule has 35 heavy (non-hydrogen) atoms. The molecule has 0 atom stereocenters. The van der Waals surface area contributed by atoms with Crippen LogP contribution in [0.2, 0.25) is 0 Å². The SMILES string of the molecule is CNC(=O)c1cc(Oc2ccc(C(=O)NNC(=O)c3cc(C(F)(F)F)ccc3OC)cc2)ccn1. The second kappa shape index (κ2) is 10.5. The summed E-state index contributed by atoms with van der Waals surface area (Å²) in [5.41, 5.74) is 3.05. The molecular weight excluding hydrogens is 469 g/mol. The van der Waals surface area contributed by atoms with E-state index in [1.54, 1.807) is 6.07 Å². The Balaban J connectivity index is 1.64. The van der Waals surface area contributed by atoms with Gasteiger partial charge in [-0.25, -0.2) is 0 Å². The van der Waals surface area contributed by atoms with Gasteiger partial charge in [-0.05, 0) is 48.5 Å². The van der Waals surface area contributed by atoms with E-state index < -0.39 is 29.1 Å². The van der Waals surface area contributed by atoms with Crippen LogP contribution in [0.15, 0.2) is 60.8 Å². The normalized spacial score (nSPS) is 10.8. The van der Waals surface area contributed by atoms with Crippen LogP contribution in [0, 0.1) is 0 Å². The van der Waals surface area contributed by atoms with Crippen molar-refractivity contribution in [2.75, 3.05) is 14.2 Å². The fourth-order valence-electron chi connectivity index (χ4n) is 2.85. The summed E-state index contributed by atoms with van der Waals surface area (Å²) in [7, 11) is 2.67. The van der Waals surface area contributed by atoms with Crippen molar-refractivity contribution in [1.29, 1.82) is 0 Å². The van der Waals surface area contributed by atoms with Gasteiger partial charge < -0.3 is 14.8 Å². The molecule has 9 nitrogen and oxygen atoms in total. The van der Waals surface area contributed by atoms with Gasteiger partial charge in [-0.1, -0.05) is 0 Å². The molecule has 0 spiro atoms. The minimum atomic E-state index is -4.66. The number of benzene rings is 2. The molecule has 1 heterocycles. The van der Waals surface area contributed by atoms with Crippen LogP contribution in [0.5, 0.6) is 17.2 Å². The van der Waals surface area contributed by atoms with Gasteiger partial charge in [0.2, 0.25) is 0 Å². The third-order valence-corrected chi connectivity index (χ3v) is 4.60. The summed E-state index contributed by atoms with van der Waals surface area (Å²) in [5, 5.41) is 2.45. The highest BCUT2D eigenvalue weighted by Crippen LogP contribution is 2.32. The molecule has 0 fully saturated rings. The van der Waals surface area contributed by atoms with E-state index in [0.29, 0.717) is 17.6 Å². The molecular formula is C23H19F3N4O5. The predicted molar refractivity (Wildman–Crippen MR) is 117 cm³/mol. The number of aromatic nitrogens is 1. The summed E-state index contributed by atoms with van der Waals surface area (Å²) in [6.45, 7) is 0. The molecule has 0 aliphatic rings. The third kappa shape index (κ3) is 6.25. The van der Waals surface area contributed by atoms with Gasteiger partial charge in [-0.2, -0.15) is 13.2 Å². The molecule has 12 heteroatoms. The van der Waals surface area contributed by atoms with Gasteiger partial charge in [-0.3, -0.25) is 30.2 Å². The van der Waals surface area contributed by atoms with Gasteiger partial charge in [0.05, 0.1) is 18.2 Å². The fourth-order valence-corrected chi connectivity index (χ4v) is 2.85. The molecule has 182 valence electrons. The Kier molecular flexibility index (Phi) is 7.54. The largest absolute Gasteiger partial charge is 0.496 e. The molecule has 0 aliphatic heterocycles. The number of alkyl halides is 3. The molecule has 0 bridgehead atoms. The molecule has 0 saturated heterocycles. The average molecular weight is 488 g/mol. The minimum absolute atomic E-state index is 0.0954. The summed E-state index contributed by atoms with van der Waals surface area (Å²) in [6, 6.07) is 11.2. The van der Waals surface area contributed by atoms with Crippen LogP contribution in [-0.2, 0) is 6.18 Å². The molecule has 3 aromatic rings. The molecule has 0 saturated carbocycles. The Bertz CT molecular complexity index is 1250. The Morgan fingerprint density at radius 3 is 2.17 bits per heavy atom. The summed E-state index contributed by atoms with van der Waals surface area (Å²) in [4.78, 5) is 40.3. The Morgan fingerprint density at radius 1 is 0.857 bits per heavy atom. The van der Waals surface area contributed by atoms with Gasteiger partial charge in [0.15, 0.2) is 0 Å². The number of hydrogen-bond donors (Lipinski definition) is 3. The quantitative estimate of drug-likeness (QED) is 0.458. The second-order valence-electron chi connectivity index (χ2n) is 6.90. The monoisotopic (exact) mass is 488 g/mol. The number of methoxy groups -OCH3 is 1. The van der Waals surface area contributed by atoms with E-state index in [1.165, 1.54) is 50.7 Å². The van der Waals surface area contributed by atoms with Crippen LogP contribution in [0.4, 0.5) is 13.2 Å². The number of rotatable bonds is 6. The molecule has 0 radical (unpaired) electrons. The molecule has 2 aromatic carbocycles. The summed E-state index contributed by atoms with van der Waals surface area (Å²) < 4.78 is 49.5. The number of hydrogen-bond acceptors (Lipinski definition) is 6. The lowest BCUT2D eigenvalue weighted by molar-refractivity contribution is -0.137. The number of nitrogens with one attached hydrogen (secondary N) is 3. The topological polar surface area (TPSA) is 119 Å². The maximum atomic E-state index is 13.0. The van der Waals surface area contributed by atoms with Crippen molar-refractivity contribution in [3.8, 4) is 17.2 Å².